The minimum atomic E-state index is -2.38. The first-order chi connectivity index (χ1) is 17.0. The van der Waals surface area contributed by atoms with E-state index in [1.807, 2.05) is 19.1 Å². The predicted octanol–water partition coefficient (Wildman–Crippen LogP) is 2.83. The third-order valence-corrected chi connectivity index (χ3v) is 7.22. The first-order valence-corrected chi connectivity index (χ1v) is 12.0. The first-order valence-electron chi connectivity index (χ1n) is 12.0. The fourth-order valence-electron chi connectivity index (χ4n) is 4.74. The molecule has 4 heterocycles. The summed E-state index contributed by atoms with van der Waals surface area (Å²) in [7, 11) is 0. The average molecular weight is 501 g/mol. The number of aromatic nitrogens is 3. The topological polar surface area (TPSA) is 95.2 Å². The van der Waals surface area contributed by atoms with Crippen LogP contribution >= 0.6 is 0 Å². The molecule has 36 heavy (non-hydrogen) atoms. The van der Waals surface area contributed by atoms with Gasteiger partial charge in [0.1, 0.15) is 16.9 Å². The van der Waals surface area contributed by atoms with Crippen LogP contribution in [-0.2, 0) is 6.42 Å². The van der Waals surface area contributed by atoms with Crippen LogP contribution in [0.3, 0.4) is 0 Å². The summed E-state index contributed by atoms with van der Waals surface area (Å²) in [6.45, 7) is 7.04. The maximum Gasteiger partial charge on any atom is 0.261 e. The summed E-state index contributed by atoms with van der Waals surface area (Å²) >= 11 is 0. The van der Waals surface area contributed by atoms with Crippen LogP contribution in [-0.4, -0.2) is 80.9 Å². The van der Waals surface area contributed by atoms with Crippen molar-refractivity contribution in [2.45, 2.75) is 44.8 Å². The second-order valence-corrected chi connectivity index (χ2v) is 10.1. The number of nitrogens with one attached hydrogen (secondary N) is 1. The van der Waals surface area contributed by atoms with Gasteiger partial charge in [0, 0.05) is 56.6 Å². The second kappa shape index (κ2) is 8.97. The van der Waals surface area contributed by atoms with Crippen LogP contribution in [0.5, 0.6) is 5.75 Å². The lowest BCUT2D eigenvalue weighted by atomic mass is 9.84. The monoisotopic (exact) mass is 500 g/mol. The van der Waals surface area contributed by atoms with E-state index in [1.165, 1.54) is 10.7 Å². The molecule has 9 nitrogen and oxygen atoms in total. The highest BCUT2D eigenvalue weighted by Crippen LogP contribution is 2.45. The van der Waals surface area contributed by atoms with Gasteiger partial charge in [0.2, 0.25) is 0 Å². The lowest BCUT2D eigenvalue weighted by molar-refractivity contribution is -0.0900. The predicted molar refractivity (Wildman–Crippen MR) is 131 cm³/mol. The van der Waals surface area contributed by atoms with Crippen molar-refractivity contribution in [2.24, 2.45) is 0 Å². The van der Waals surface area contributed by atoms with Crippen molar-refractivity contribution in [2.75, 3.05) is 42.9 Å². The molecule has 2 aliphatic rings. The Morgan fingerprint density at radius 2 is 2.03 bits per heavy atom. The summed E-state index contributed by atoms with van der Waals surface area (Å²) in [5.74, 6) is 0.283. The van der Waals surface area contributed by atoms with Gasteiger partial charge in [0.15, 0.2) is 5.65 Å². The molecule has 0 saturated carbocycles. The molecule has 2 N–H and O–H groups in total. The molecule has 0 spiro atoms. The van der Waals surface area contributed by atoms with E-state index >= 15 is 0 Å². The molecule has 1 aromatic carbocycles. The minimum absolute atomic E-state index is 0.254. The van der Waals surface area contributed by atoms with E-state index in [1.54, 1.807) is 37.2 Å². The lowest BCUT2D eigenvalue weighted by Crippen LogP contribution is -2.51. The fraction of sp³-hybridized carbons (Fsp3) is 0.480. The maximum atomic E-state index is 13.3. The van der Waals surface area contributed by atoms with Gasteiger partial charge >= 0.3 is 0 Å². The number of aliphatic hydroxyl groups is 1. The molecule has 11 heteroatoms. The van der Waals surface area contributed by atoms with Crippen molar-refractivity contribution < 1.29 is 23.4 Å². The van der Waals surface area contributed by atoms with Crippen LogP contribution in [0.1, 0.15) is 36.7 Å². The van der Waals surface area contributed by atoms with E-state index < -0.39 is 17.6 Å². The molecular formula is C25H30F2N6O3. The van der Waals surface area contributed by atoms with Gasteiger partial charge in [-0.25, -0.2) is 18.3 Å². The Balaban J connectivity index is 1.47. The molecule has 2 aliphatic heterocycles. The number of fused-ring (bicyclic) bond motifs is 2. The highest BCUT2D eigenvalue weighted by molar-refractivity contribution is 6.09. The Kier molecular flexibility index (Phi) is 6.08. The first kappa shape index (κ1) is 24.4. The zero-order valence-electron chi connectivity index (χ0n) is 20.5. The van der Waals surface area contributed by atoms with Crippen molar-refractivity contribution in [3.05, 3.63) is 47.9 Å². The number of piperazine rings is 1. The molecule has 2 aromatic heterocycles. The molecule has 0 radical (unpaired) electrons. The summed E-state index contributed by atoms with van der Waals surface area (Å²) in [6.07, 6.45) is 2.88. The number of ether oxygens (including phenoxy) is 1. The SMILES string of the molecule is CC(C)(O)C1(C)Cc2cc(NC(=O)c3cnn4cccnc34)c(N3CCN(CC(F)F)CC3)cc2O1. The number of hydrogen-bond acceptors (Lipinski definition) is 7. The van der Waals surface area contributed by atoms with E-state index in [4.69, 9.17) is 4.74 Å². The second-order valence-electron chi connectivity index (χ2n) is 10.1. The summed E-state index contributed by atoms with van der Waals surface area (Å²) in [6, 6.07) is 5.48. The molecule has 3 aromatic rings. The highest BCUT2D eigenvalue weighted by Gasteiger charge is 2.47. The molecule has 5 rings (SSSR count). The number of halogens is 2. The zero-order chi connectivity index (χ0) is 25.7. The van der Waals surface area contributed by atoms with E-state index in [9.17, 15) is 18.7 Å². The normalized spacial score (nSPS) is 20.6. The average Bonchev–Trinajstić information content (AvgIpc) is 3.39. The van der Waals surface area contributed by atoms with Crippen LogP contribution in [0, 0.1) is 0 Å². The van der Waals surface area contributed by atoms with E-state index in [-0.39, 0.29) is 12.5 Å². The summed E-state index contributed by atoms with van der Waals surface area (Å²) < 4.78 is 33.5. The molecule has 0 bridgehead atoms. The number of amides is 1. The molecule has 192 valence electrons. The Labute approximate surface area is 207 Å². The molecule has 0 aliphatic carbocycles. The van der Waals surface area contributed by atoms with Gasteiger partial charge in [-0.3, -0.25) is 9.69 Å². The number of nitrogens with zero attached hydrogens (tertiary/aromatic N) is 5. The molecule has 1 unspecified atom stereocenters. The number of benzene rings is 1. The smallest absolute Gasteiger partial charge is 0.261 e. The van der Waals surface area contributed by atoms with Crippen molar-refractivity contribution >= 4 is 22.9 Å². The fourth-order valence-corrected chi connectivity index (χ4v) is 4.74. The minimum Gasteiger partial charge on any atom is -0.484 e. The number of anilines is 2. The Hall–Kier alpha value is -3.31. The van der Waals surface area contributed by atoms with Crippen LogP contribution < -0.4 is 15.0 Å². The molecule has 1 saturated heterocycles. The van der Waals surface area contributed by atoms with Crippen LogP contribution in [0.25, 0.3) is 5.65 Å². The van der Waals surface area contributed by atoms with Gasteiger partial charge < -0.3 is 20.1 Å². The van der Waals surface area contributed by atoms with Gasteiger partial charge in [0.05, 0.1) is 29.7 Å². The zero-order valence-corrected chi connectivity index (χ0v) is 20.5. The molecule has 1 fully saturated rings. The van der Waals surface area contributed by atoms with Crippen molar-refractivity contribution in [1.29, 1.82) is 0 Å². The van der Waals surface area contributed by atoms with Gasteiger partial charge in [-0.15, -0.1) is 0 Å². The van der Waals surface area contributed by atoms with Gasteiger partial charge in [-0.05, 0) is 32.9 Å². The number of alkyl halides is 2. The van der Waals surface area contributed by atoms with Crippen LogP contribution in [0.4, 0.5) is 20.2 Å². The largest absolute Gasteiger partial charge is 0.484 e. The number of rotatable bonds is 6. The standard InChI is InChI=1S/C25H30F2N6O3/c1-24(2,35)25(3)13-16-11-18(30-23(34)17-14-29-33-6-4-5-28-22(17)33)19(12-20(16)36-25)32-9-7-31(8-10-32)15-21(26)27/h4-6,11-12,14,21,35H,7-10,13,15H2,1-3H3,(H,30,34). The molecular weight excluding hydrogens is 470 g/mol. The third kappa shape index (κ3) is 4.48. The Morgan fingerprint density at radius 1 is 1.28 bits per heavy atom. The van der Waals surface area contributed by atoms with E-state index in [0.29, 0.717) is 55.2 Å². The maximum absolute atomic E-state index is 13.3. The van der Waals surface area contributed by atoms with Crippen molar-refractivity contribution in [3.8, 4) is 5.75 Å². The van der Waals surface area contributed by atoms with Crippen LogP contribution in [0.2, 0.25) is 0 Å². The summed E-state index contributed by atoms with van der Waals surface area (Å²) in [4.78, 5) is 21.4. The van der Waals surface area contributed by atoms with E-state index in [0.717, 1.165) is 11.3 Å². The van der Waals surface area contributed by atoms with Crippen molar-refractivity contribution in [1.82, 2.24) is 19.5 Å². The Bertz CT molecular complexity index is 1280. The van der Waals surface area contributed by atoms with Gasteiger partial charge in [-0.1, -0.05) is 0 Å². The highest BCUT2D eigenvalue weighted by atomic mass is 19.3. The third-order valence-electron chi connectivity index (χ3n) is 7.22. The molecule has 1 amide bonds. The van der Waals surface area contributed by atoms with E-state index in [2.05, 4.69) is 20.3 Å². The van der Waals surface area contributed by atoms with Crippen molar-refractivity contribution in [3.63, 3.8) is 0 Å². The number of hydrogen-bond donors (Lipinski definition) is 2. The quantitative estimate of drug-likeness (QED) is 0.538. The number of carbonyl (C=O) groups is 1. The van der Waals surface area contributed by atoms with Crippen LogP contribution in [0.15, 0.2) is 36.8 Å². The van der Waals surface area contributed by atoms with Gasteiger partial charge in [-0.2, -0.15) is 5.10 Å². The lowest BCUT2D eigenvalue weighted by Gasteiger charge is -2.37. The summed E-state index contributed by atoms with van der Waals surface area (Å²) in [5.41, 5.74) is 1.03. The molecule has 1 atom stereocenters. The Morgan fingerprint density at radius 3 is 2.72 bits per heavy atom. The van der Waals surface area contributed by atoms with Gasteiger partial charge in [0.25, 0.3) is 12.3 Å². The number of carbonyl (C=O) groups excluding carboxylic acids is 1. The summed E-state index contributed by atoms with van der Waals surface area (Å²) in [5, 5.41) is 17.9.